The Hall–Kier alpha value is -0.940. The lowest BCUT2D eigenvalue weighted by Gasteiger charge is -2.12. The van der Waals surface area contributed by atoms with Crippen molar-refractivity contribution < 1.29 is 4.79 Å². The quantitative estimate of drug-likeness (QED) is 0.812. The minimum atomic E-state index is 0.147. The van der Waals surface area contributed by atoms with Crippen LogP contribution in [0.1, 0.15) is 33.2 Å². The zero-order valence-corrected chi connectivity index (χ0v) is 10.7. The highest BCUT2D eigenvalue weighted by molar-refractivity contribution is 7.13. The zero-order valence-electron chi connectivity index (χ0n) is 9.87. The number of likely N-dealkylation sites (tertiary alicyclic amines) is 1. The van der Waals surface area contributed by atoms with Crippen molar-refractivity contribution in [3.8, 4) is 0 Å². The molecule has 1 N–H and O–H groups in total. The van der Waals surface area contributed by atoms with Crippen LogP contribution in [0.4, 0.5) is 0 Å². The molecule has 3 heterocycles. The van der Waals surface area contributed by atoms with E-state index in [1.807, 2.05) is 4.90 Å². The lowest BCUT2D eigenvalue weighted by molar-refractivity contribution is 0.0792. The molecule has 0 saturated carbocycles. The number of nitrogens with one attached hydrogen (secondary N) is 1. The SMILES string of the molecule is O=C(c1nc2c(s1)CCNCC2)N1CCCC1. The summed E-state index contributed by atoms with van der Waals surface area (Å²) < 4.78 is 0. The van der Waals surface area contributed by atoms with Gasteiger partial charge in [-0.3, -0.25) is 4.79 Å². The van der Waals surface area contributed by atoms with Crippen LogP contribution in [-0.4, -0.2) is 42.0 Å². The molecule has 17 heavy (non-hydrogen) atoms. The summed E-state index contributed by atoms with van der Waals surface area (Å²) in [6.45, 7) is 3.80. The van der Waals surface area contributed by atoms with E-state index in [1.54, 1.807) is 11.3 Å². The smallest absolute Gasteiger partial charge is 0.282 e. The zero-order chi connectivity index (χ0) is 11.7. The number of carbonyl (C=O) groups excluding carboxylic acids is 1. The third-order valence-corrected chi connectivity index (χ3v) is 4.57. The van der Waals surface area contributed by atoms with Gasteiger partial charge in [0.1, 0.15) is 0 Å². The van der Waals surface area contributed by atoms with E-state index in [4.69, 9.17) is 0 Å². The topological polar surface area (TPSA) is 45.2 Å². The van der Waals surface area contributed by atoms with E-state index in [2.05, 4.69) is 10.3 Å². The predicted molar refractivity (Wildman–Crippen MR) is 67.5 cm³/mol. The molecule has 1 aromatic rings. The summed E-state index contributed by atoms with van der Waals surface area (Å²) in [7, 11) is 0. The van der Waals surface area contributed by atoms with E-state index >= 15 is 0 Å². The molecular formula is C12H17N3OS. The van der Waals surface area contributed by atoms with Gasteiger partial charge in [0.15, 0.2) is 5.01 Å². The molecule has 0 atom stereocenters. The Balaban J connectivity index is 1.81. The van der Waals surface area contributed by atoms with Gasteiger partial charge in [-0.1, -0.05) is 0 Å². The third-order valence-electron chi connectivity index (χ3n) is 3.42. The molecule has 0 unspecified atom stereocenters. The molecule has 0 aromatic carbocycles. The van der Waals surface area contributed by atoms with Crippen LogP contribution in [0.3, 0.4) is 0 Å². The number of rotatable bonds is 1. The third kappa shape index (κ3) is 2.21. The van der Waals surface area contributed by atoms with Crippen molar-refractivity contribution in [1.82, 2.24) is 15.2 Å². The van der Waals surface area contributed by atoms with Crippen LogP contribution < -0.4 is 5.32 Å². The van der Waals surface area contributed by atoms with Gasteiger partial charge < -0.3 is 10.2 Å². The highest BCUT2D eigenvalue weighted by Gasteiger charge is 2.24. The summed E-state index contributed by atoms with van der Waals surface area (Å²) in [4.78, 5) is 20.0. The fraction of sp³-hybridized carbons (Fsp3) is 0.667. The van der Waals surface area contributed by atoms with Crippen molar-refractivity contribution in [3.05, 3.63) is 15.6 Å². The van der Waals surface area contributed by atoms with Crippen molar-refractivity contribution in [2.24, 2.45) is 0 Å². The molecule has 2 aliphatic heterocycles. The van der Waals surface area contributed by atoms with Gasteiger partial charge in [-0.2, -0.15) is 0 Å². The molecule has 1 amide bonds. The van der Waals surface area contributed by atoms with Crippen LogP contribution in [-0.2, 0) is 12.8 Å². The molecule has 0 bridgehead atoms. The summed E-state index contributed by atoms with van der Waals surface area (Å²) in [5, 5.41) is 4.06. The molecule has 0 radical (unpaired) electrons. The van der Waals surface area contributed by atoms with Crippen LogP contribution in [0, 0.1) is 0 Å². The summed E-state index contributed by atoms with van der Waals surface area (Å²) in [6.07, 6.45) is 4.25. The second-order valence-electron chi connectivity index (χ2n) is 4.64. The van der Waals surface area contributed by atoms with Crippen molar-refractivity contribution in [1.29, 1.82) is 0 Å². The summed E-state index contributed by atoms with van der Waals surface area (Å²) in [5.74, 6) is 0.147. The minimum Gasteiger partial charge on any atom is -0.337 e. The van der Waals surface area contributed by atoms with Crippen molar-refractivity contribution >= 4 is 17.2 Å². The van der Waals surface area contributed by atoms with Gasteiger partial charge in [0.05, 0.1) is 5.69 Å². The Morgan fingerprint density at radius 1 is 1.24 bits per heavy atom. The number of fused-ring (bicyclic) bond motifs is 1. The van der Waals surface area contributed by atoms with E-state index in [9.17, 15) is 4.79 Å². The first kappa shape index (κ1) is 11.2. The van der Waals surface area contributed by atoms with E-state index in [-0.39, 0.29) is 5.91 Å². The average Bonchev–Trinajstić information content (AvgIpc) is 2.95. The highest BCUT2D eigenvalue weighted by Crippen LogP contribution is 2.23. The second kappa shape index (κ2) is 4.74. The number of hydrogen-bond donors (Lipinski definition) is 1. The Bertz CT molecular complexity index is 400. The molecule has 0 aliphatic carbocycles. The Morgan fingerprint density at radius 2 is 2.00 bits per heavy atom. The number of carbonyl (C=O) groups is 1. The fourth-order valence-corrected chi connectivity index (χ4v) is 3.53. The lowest BCUT2D eigenvalue weighted by atomic mass is 10.2. The van der Waals surface area contributed by atoms with Crippen LogP contribution in [0.25, 0.3) is 0 Å². The molecule has 1 aromatic heterocycles. The van der Waals surface area contributed by atoms with Crippen LogP contribution in [0.15, 0.2) is 0 Å². The van der Waals surface area contributed by atoms with Crippen LogP contribution >= 0.6 is 11.3 Å². The Kier molecular flexibility index (Phi) is 3.11. The molecule has 0 spiro atoms. The molecular weight excluding hydrogens is 234 g/mol. The van der Waals surface area contributed by atoms with Crippen molar-refractivity contribution in [2.75, 3.05) is 26.2 Å². The number of hydrogen-bond acceptors (Lipinski definition) is 4. The summed E-state index contributed by atoms with van der Waals surface area (Å²) in [6, 6.07) is 0. The largest absolute Gasteiger partial charge is 0.337 e. The van der Waals surface area contributed by atoms with E-state index in [0.29, 0.717) is 5.01 Å². The van der Waals surface area contributed by atoms with Gasteiger partial charge >= 0.3 is 0 Å². The minimum absolute atomic E-state index is 0.147. The van der Waals surface area contributed by atoms with E-state index in [0.717, 1.165) is 57.6 Å². The molecule has 2 aliphatic rings. The van der Waals surface area contributed by atoms with Gasteiger partial charge in [0, 0.05) is 37.5 Å². The van der Waals surface area contributed by atoms with Gasteiger partial charge in [-0.05, 0) is 19.3 Å². The first-order chi connectivity index (χ1) is 8.34. The van der Waals surface area contributed by atoms with Crippen molar-refractivity contribution in [3.63, 3.8) is 0 Å². The standard InChI is InChI=1S/C12H17N3OS/c16-12(15-7-1-2-8-15)11-14-9-3-5-13-6-4-10(9)17-11/h13H,1-8H2. The summed E-state index contributed by atoms with van der Waals surface area (Å²) >= 11 is 1.60. The predicted octanol–water partition coefficient (Wildman–Crippen LogP) is 1.07. The first-order valence-corrected chi connectivity index (χ1v) is 7.15. The Labute approximate surface area is 105 Å². The van der Waals surface area contributed by atoms with E-state index < -0.39 is 0 Å². The molecule has 4 nitrogen and oxygen atoms in total. The van der Waals surface area contributed by atoms with Crippen LogP contribution in [0.2, 0.25) is 0 Å². The molecule has 3 rings (SSSR count). The molecule has 5 heteroatoms. The first-order valence-electron chi connectivity index (χ1n) is 6.33. The molecule has 1 saturated heterocycles. The highest BCUT2D eigenvalue weighted by atomic mass is 32.1. The molecule has 92 valence electrons. The monoisotopic (exact) mass is 251 g/mol. The normalized spacial score (nSPS) is 20.1. The maximum Gasteiger partial charge on any atom is 0.282 e. The molecule has 1 fully saturated rings. The fourth-order valence-electron chi connectivity index (χ4n) is 2.45. The maximum absolute atomic E-state index is 12.2. The summed E-state index contributed by atoms with van der Waals surface area (Å²) in [5.41, 5.74) is 1.14. The second-order valence-corrected chi connectivity index (χ2v) is 5.72. The van der Waals surface area contributed by atoms with Gasteiger partial charge in [-0.15, -0.1) is 11.3 Å². The van der Waals surface area contributed by atoms with Gasteiger partial charge in [0.25, 0.3) is 5.91 Å². The maximum atomic E-state index is 12.2. The van der Waals surface area contributed by atoms with Crippen molar-refractivity contribution in [2.45, 2.75) is 25.7 Å². The number of thiazole rings is 1. The number of nitrogens with zero attached hydrogens (tertiary/aromatic N) is 2. The number of amides is 1. The van der Waals surface area contributed by atoms with Gasteiger partial charge in [0.2, 0.25) is 0 Å². The lowest BCUT2D eigenvalue weighted by Crippen LogP contribution is -2.27. The van der Waals surface area contributed by atoms with E-state index in [1.165, 1.54) is 4.88 Å². The number of aromatic nitrogens is 1. The van der Waals surface area contributed by atoms with Gasteiger partial charge in [-0.25, -0.2) is 4.98 Å². The average molecular weight is 251 g/mol. The Morgan fingerprint density at radius 3 is 2.82 bits per heavy atom. The van der Waals surface area contributed by atoms with Crippen LogP contribution in [0.5, 0.6) is 0 Å².